The number of ether oxygens (including phenoxy) is 1. The molecule has 0 fully saturated rings. The molecule has 7 aromatic carbocycles. The maximum absolute atomic E-state index is 15.2. The van der Waals surface area contributed by atoms with Gasteiger partial charge in [-0.25, -0.2) is 0 Å². The zero-order valence-corrected chi connectivity index (χ0v) is 26.5. The number of benzene rings is 7. The van der Waals surface area contributed by atoms with Crippen molar-refractivity contribution in [1.29, 1.82) is 0 Å². The molecular weight excluding hydrogens is 593 g/mol. The minimum absolute atomic E-state index is 0.807. The Labute approximate surface area is 274 Å². The van der Waals surface area contributed by atoms with Crippen molar-refractivity contribution in [2.24, 2.45) is 0 Å². The maximum Gasteiger partial charge on any atom is 0.171 e. The summed E-state index contributed by atoms with van der Waals surface area (Å²) in [5.74, 6) is 1.72. The Morgan fingerprint density at radius 1 is 0.574 bits per heavy atom. The molecule has 1 aliphatic carbocycles. The second-order valence-electron chi connectivity index (χ2n) is 12.0. The minimum atomic E-state index is -3.12. The van der Waals surface area contributed by atoms with Crippen LogP contribution in [0, 0.1) is 0 Å². The van der Waals surface area contributed by atoms with Gasteiger partial charge in [0.15, 0.2) is 18.6 Å². The largest absolute Gasteiger partial charge is 0.453 e. The number of anilines is 3. The summed E-state index contributed by atoms with van der Waals surface area (Å²) in [4.78, 5) is 2.32. The Bertz CT molecular complexity index is 2340. The summed E-state index contributed by atoms with van der Waals surface area (Å²) in [5.41, 5.74) is 7.54. The van der Waals surface area contributed by atoms with Crippen LogP contribution >= 0.6 is 7.14 Å². The van der Waals surface area contributed by atoms with Gasteiger partial charge in [-0.15, -0.1) is 0 Å². The van der Waals surface area contributed by atoms with Crippen molar-refractivity contribution in [1.82, 2.24) is 0 Å². The number of para-hydroxylation sites is 1. The second-order valence-corrected chi connectivity index (χ2v) is 14.8. The van der Waals surface area contributed by atoms with E-state index in [1.54, 1.807) is 0 Å². The molecule has 0 amide bonds. The third kappa shape index (κ3) is 4.47. The fraction of sp³-hybridized carbons (Fsp3) is 0.0233. The predicted octanol–water partition coefficient (Wildman–Crippen LogP) is 10.3. The number of hydrogen-bond donors (Lipinski definition) is 0. The Morgan fingerprint density at radius 2 is 1.23 bits per heavy atom. The molecule has 0 aromatic heterocycles. The van der Waals surface area contributed by atoms with Crippen LogP contribution in [0.2, 0.25) is 0 Å². The van der Waals surface area contributed by atoms with Crippen LogP contribution in [0.15, 0.2) is 164 Å². The van der Waals surface area contributed by atoms with E-state index in [9.17, 15) is 0 Å². The van der Waals surface area contributed by atoms with E-state index >= 15 is 4.57 Å². The van der Waals surface area contributed by atoms with Crippen molar-refractivity contribution >= 4 is 57.0 Å². The maximum atomic E-state index is 15.2. The molecule has 4 heteroatoms. The molecule has 0 bridgehead atoms. The van der Waals surface area contributed by atoms with E-state index in [4.69, 9.17) is 4.74 Å². The molecule has 2 aliphatic rings. The van der Waals surface area contributed by atoms with Gasteiger partial charge < -0.3 is 14.2 Å². The lowest BCUT2D eigenvalue weighted by atomic mass is 9.90. The van der Waals surface area contributed by atoms with Crippen LogP contribution in [0.5, 0.6) is 11.5 Å². The Kier molecular flexibility index (Phi) is 6.48. The normalized spacial score (nSPS) is 13.1. The SMILES string of the molecule is O=P(c1ccccc1)(c1ccccc1)c1cccc(-c2ccc3c(c2)N(c2ccccc2)c2cc4cccc5c4c(c2O3)CC=C5)c1. The van der Waals surface area contributed by atoms with Crippen LogP contribution in [-0.2, 0) is 11.0 Å². The summed E-state index contributed by atoms with van der Waals surface area (Å²) >= 11 is 0. The van der Waals surface area contributed by atoms with Gasteiger partial charge in [-0.1, -0.05) is 133 Å². The standard InChI is InChI=1S/C43H30NO2P/c45-47(35-19-6-2-7-20-35,36-21-8-3-9-22-36)37-23-11-15-31(27-37)32-25-26-41-39(28-32)44(34-17-4-1-5-18-34)40-29-33-16-10-13-30-14-12-24-38(42(30)33)43(40)46-41/h1-23,25-29H,24H2. The van der Waals surface area contributed by atoms with Crippen LogP contribution in [0.25, 0.3) is 28.0 Å². The summed E-state index contributed by atoms with van der Waals surface area (Å²) in [6.45, 7) is 0. The predicted molar refractivity (Wildman–Crippen MR) is 196 cm³/mol. The molecule has 224 valence electrons. The van der Waals surface area contributed by atoms with Gasteiger partial charge in [-0.2, -0.15) is 0 Å². The number of nitrogens with zero attached hydrogens (tertiary/aromatic N) is 1. The Balaban J connectivity index is 1.21. The van der Waals surface area contributed by atoms with E-state index < -0.39 is 7.14 Å². The average molecular weight is 624 g/mol. The first kappa shape index (κ1) is 27.7. The highest BCUT2D eigenvalue weighted by atomic mass is 31.2. The topological polar surface area (TPSA) is 29.5 Å². The van der Waals surface area contributed by atoms with Crippen molar-refractivity contribution in [3.05, 3.63) is 175 Å². The van der Waals surface area contributed by atoms with Gasteiger partial charge >= 0.3 is 0 Å². The zero-order valence-electron chi connectivity index (χ0n) is 25.6. The molecule has 0 atom stereocenters. The van der Waals surface area contributed by atoms with Gasteiger partial charge in [0.25, 0.3) is 0 Å². The monoisotopic (exact) mass is 623 g/mol. The van der Waals surface area contributed by atoms with Crippen LogP contribution in [-0.4, -0.2) is 0 Å². The van der Waals surface area contributed by atoms with Gasteiger partial charge in [-0.3, -0.25) is 0 Å². The third-order valence-corrected chi connectivity index (χ3v) is 12.4. The fourth-order valence-electron chi connectivity index (χ4n) is 7.11. The fourth-order valence-corrected chi connectivity index (χ4v) is 9.81. The summed E-state index contributed by atoms with van der Waals surface area (Å²) in [5, 5.41) is 4.92. The molecule has 9 rings (SSSR count). The van der Waals surface area contributed by atoms with Crippen LogP contribution in [0.3, 0.4) is 0 Å². The highest BCUT2D eigenvalue weighted by Crippen LogP contribution is 2.55. The third-order valence-electron chi connectivity index (χ3n) is 9.30. The smallest absolute Gasteiger partial charge is 0.171 e. The molecule has 1 heterocycles. The number of fused-ring (bicyclic) bond motifs is 3. The molecule has 7 aromatic rings. The quantitative estimate of drug-likeness (QED) is 0.179. The molecule has 47 heavy (non-hydrogen) atoms. The van der Waals surface area contributed by atoms with Gasteiger partial charge in [0.05, 0.1) is 11.4 Å². The highest BCUT2D eigenvalue weighted by Gasteiger charge is 2.32. The van der Waals surface area contributed by atoms with Crippen molar-refractivity contribution in [2.45, 2.75) is 6.42 Å². The molecule has 0 radical (unpaired) electrons. The second kappa shape index (κ2) is 11.0. The average Bonchev–Trinajstić information content (AvgIpc) is 3.15. The first-order valence-corrected chi connectivity index (χ1v) is 17.6. The number of hydrogen-bond acceptors (Lipinski definition) is 3. The summed E-state index contributed by atoms with van der Waals surface area (Å²) in [6.07, 6.45) is 5.26. The first-order chi connectivity index (χ1) is 23.2. The lowest BCUT2D eigenvalue weighted by Crippen LogP contribution is -2.25. The van der Waals surface area contributed by atoms with E-state index in [1.807, 2.05) is 78.9 Å². The lowest BCUT2D eigenvalue weighted by molar-refractivity contribution is 0.473. The van der Waals surface area contributed by atoms with Crippen molar-refractivity contribution in [2.75, 3.05) is 4.90 Å². The minimum Gasteiger partial charge on any atom is -0.453 e. The van der Waals surface area contributed by atoms with E-state index in [-0.39, 0.29) is 0 Å². The molecule has 0 saturated heterocycles. The Hall–Kier alpha value is -5.63. The first-order valence-electron chi connectivity index (χ1n) is 15.9. The molecular formula is C43H30NO2P. The van der Waals surface area contributed by atoms with Gasteiger partial charge in [-0.05, 0) is 70.3 Å². The van der Waals surface area contributed by atoms with Gasteiger partial charge in [0, 0.05) is 27.2 Å². The lowest BCUT2D eigenvalue weighted by Gasteiger charge is -2.35. The van der Waals surface area contributed by atoms with Gasteiger partial charge in [0.2, 0.25) is 0 Å². The molecule has 1 aliphatic heterocycles. The van der Waals surface area contributed by atoms with Crippen LogP contribution < -0.4 is 25.6 Å². The van der Waals surface area contributed by atoms with Crippen molar-refractivity contribution in [3.8, 4) is 22.6 Å². The van der Waals surface area contributed by atoms with Crippen molar-refractivity contribution < 1.29 is 9.30 Å². The van der Waals surface area contributed by atoms with E-state index in [0.29, 0.717) is 0 Å². The van der Waals surface area contributed by atoms with Crippen molar-refractivity contribution in [3.63, 3.8) is 0 Å². The molecule has 3 nitrogen and oxygen atoms in total. The van der Waals surface area contributed by atoms with Crippen LogP contribution in [0.1, 0.15) is 11.1 Å². The zero-order chi connectivity index (χ0) is 31.4. The molecule has 0 spiro atoms. The summed E-state index contributed by atoms with van der Waals surface area (Å²) in [6, 6.07) is 53.5. The highest BCUT2D eigenvalue weighted by molar-refractivity contribution is 7.85. The van der Waals surface area contributed by atoms with Crippen LogP contribution in [0.4, 0.5) is 17.1 Å². The summed E-state index contributed by atoms with van der Waals surface area (Å²) in [7, 11) is -3.12. The number of rotatable bonds is 5. The molecule has 0 unspecified atom stereocenters. The molecule has 0 saturated carbocycles. The van der Waals surface area contributed by atoms with E-state index in [1.165, 1.54) is 21.9 Å². The molecule has 0 N–H and O–H groups in total. The van der Waals surface area contributed by atoms with Gasteiger partial charge in [0.1, 0.15) is 0 Å². The Morgan fingerprint density at radius 3 is 1.98 bits per heavy atom. The van der Waals surface area contributed by atoms with E-state index in [2.05, 4.69) is 95.9 Å². The number of allylic oxidation sites excluding steroid dienone is 1. The van der Waals surface area contributed by atoms with E-state index in [0.717, 1.165) is 62.0 Å². The summed E-state index contributed by atoms with van der Waals surface area (Å²) < 4.78 is 22.0.